The second-order valence-electron chi connectivity index (χ2n) is 4.25. The number of unbranched alkanes of at least 4 members (excludes halogenated alkanes) is 3. The maximum Gasteiger partial charge on any atom is 0.0428 e. The highest BCUT2D eigenvalue weighted by atomic mass is 28.1. The van der Waals surface area contributed by atoms with Crippen LogP contribution in [0.25, 0.3) is 0 Å². The van der Waals surface area contributed by atoms with E-state index in [1.807, 2.05) is 0 Å². The van der Waals surface area contributed by atoms with E-state index in [0.29, 0.717) is 0 Å². The summed E-state index contributed by atoms with van der Waals surface area (Å²) in [6, 6.07) is 10.6. The third-order valence-corrected chi connectivity index (χ3v) is 3.00. The van der Waals surface area contributed by atoms with Crippen molar-refractivity contribution in [1.82, 2.24) is 10.6 Å². The van der Waals surface area contributed by atoms with Crippen LogP contribution in [0, 0.1) is 0 Å². The van der Waals surface area contributed by atoms with E-state index in [2.05, 4.69) is 51.2 Å². The van der Waals surface area contributed by atoms with Gasteiger partial charge >= 0.3 is 0 Å². The molecule has 0 saturated carbocycles. The second kappa shape index (κ2) is 10.5. The summed E-state index contributed by atoms with van der Waals surface area (Å²) in [6.07, 6.45) is 6.11. The van der Waals surface area contributed by atoms with Crippen LogP contribution in [0.4, 0.5) is 0 Å². The van der Waals surface area contributed by atoms with Gasteiger partial charge in [0.25, 0.3) is 0 Å². The van der Waals surface area contributed by atoms with Crippen molar-refractivity contribution in [3.05, 3.63) is 35.9 Å². The van der Waals surface area contributed by atoms with Crippen LogP contribution >= 0.6 is 0 Å². The Balaban J connectivity index is 1.85. The topological polar surface area (TPSA) is 24.1 Å². The Labute approximate surface area is 109 Å². The second-order valence-corrected chi connectivity index (χ2v) is 4.61. The van der Waals surface area contributed by atoms with Gasteiger partial charge < -0.3 is 10.6 Å². The molecule has 1 aromatic rings. The average molecular weight is 247 g/mol. The SMILES string of the molecule is [Si]CNCCCCCCNCc1ccccc1. The largest absolute Gasteiger partial charge is 0.320 e. The Hall–Kier alpha value is -0.643. The summed E-state index contributed by atoms with van der Waals surface area (Å²) in [4.78, 5) is 0. The zero-order chi connectivity index (χ0) is 12.2. The number of nitrogens with one attached hydrogen (secondary N) is 2. The van der Waals surface area contributed by atoms with Crippen LogP contribution in [-0.4, -0.2) is 29.5 Å². The van der Waals surface area contributed by atoms with Gasteiger partial charge in [-0.05, 0) is 37.7 Å². The molecule has 0 aromatic heterocycles. The standard InChI is InChI=1S/C14H23N2Si/c17-13-16-11-7-2-1-6-10-15-12-14-8-4-3-5-9-14/h3-5,8-9,15-16H,1-2,6-7,10-13H2. The lowest BCUT2D eigenvalue weighted by Crippen LogP contribution is -2.17. The average Bonchev–Trinajstić information content (AvgIpc) is 2.38. The van der Waals surface area contributed by atoms with Gasteiger partial charge in [0.15, 0.2) is 0 Å². The number of hydrogen-bond acceptors (Lipinski definition) is 2. The molecular weight excluding hydrogens is 224 g/mol. The molecule has 93 valence electrons. The predicted octanol–water partition coefficient (Wildman–Crippen LogP) is 2.05. The van der Waals surface area contributed by atoms with Gasteiger partial charge in [0.2, 0.25) is 0 Å². The first-order valence-corrected chi connectivity index (χ1v) is 7.24. The van der Waals surface area contributed by atoms with Crippen LogP contribution in [0.3, 0.4) is 0 Å². The van der Waals surface area contributed by atoms with Gasteiger partial charge in [-0.25, -0.2) is 0 Å². The summed E-state index contributed by atoms with van der Waals surface area (Å²) >= 11 is 0. The van der Waals surface area contributed by atoms with Gasteiger partial charge in [-0.15, -0.1) is 0 Å². The molecule has 0 heterocycles. The predicted molar refractivity (Wildman–Crippen MR) is 75.2 cm³/mol. The number of rotatable bonds is 10. The summed E-state index contributed by atoms with van der Waals surface area (Å²) in [5.41, 5.74) is 1.37. The van der Waals surface area contributed by atoms with Crippen LogP contribution in [0.1, 0.15) is 31.2 Å². The van der Waals surface area contributed by atoms with E-state index in [4.69, 9.17) is 0 Å². The first kappa shape index (κ1) is 14.4. The first-order chi connectivity index (χ1) is 8.43. The molecular formula is C14H23N2Si. The van der Waals surface area contributed by atoms with E-state index in [9.17, 15) is 0 Å². The lowest BCUT2D eigenvalue weighted by molar-refractivity contribution is 0.575. The molecule has 3 radical (unpaired) electrons. The van der Waals surface area contributed by atoms with E-state index in [1.54, 1.807) is 0 Å². The normalized spacial score (nSPS) is 10.6. The van der Waals surface area contributed by atoms with Crippen LogP contribution in [0.15, 0.2) is 30.3 Å². The van der Waals surface area contributed by atoms with Crippen molar-refractivity contribution in [2.75, 3.05) is 19.3 Å². The molecule has 0 aliphatic heterocycles. The van der Waals surface area contributed by atoms with Crippen LogP contribution in [0.2, 0.25) is 0 Å². The molecule has 2 N–H and O–H groups in total. The molecule has 0 spiro atoms. The number of benzene rings is 1. The van der Waals surface area contributed by atoms with Crippen molar-refractivity contribution in [1.29, 1.82) is 0 Å². The van der Waals surface area contributed by atoms with E-state index in [1.165, 1.54) is 31.2 Å². The van der Waals surface area contributed by atoms with Crippen LogP contribution in [0.5, 0.6) is 0 Å². The molecule has 1 aromatic carbocycles. The first-order valence-electron chi connectivity index (χ1n) is 6.53. The lowest BCUT2D eigenvalue weighted by Gasteiger charge is -2.05. The summed E-state index contributed by atoms with van der Waals surface area (Å²) in [5.74, 6) is 0. The zero-order valence-corrected chi connectivity index (χ0v) is 11.5. The quantitative estimate of drug-likeness (QED) is 0.488. The fourth-order valence-electron chi connectivity index (χ4n) is 1.77. The van der Waals surface area contributed by atoms with Gasteiger partial charge in [0.1, 0.15) is 0 Å². The van der Waals surface area contributed by atoms with Gasteiger partial charge in [-0.3, -0.25) is 0 Å². The summed E-state index contributed by atoms with van der Waals surface area (Å²) in [7, 11) is 3.40. The third kappa shape index (κ3) is 8.13. The highest BCUT2D eigenvalue weighted by Crippen LogP contribution is 2.00. The highest BCUT2D eigenvalue weighted by Gasteiger charge is 1.92. The van der Waals surface area contributed by atoms with Crippen molar-refractivity contribution in [3.8, 4) is 0 Å². The van der Waals surface area contributed by atoms with Gasteiger partial charge in [-0.2, -0.15) is 0 Å². The van der Waals surface area contributed by atoms with Crippen LogP contribution in [-0.2, 0) is 6.54 Å². The maximum absolute atomic E-state index is 3.48. The smallest absolute Gasteiger partial charge is 0.0428 e. The molecule has 0 aliphatic rings. The molecule has 0 amide bonds. The summed E-state index contributed by atoms with van der Waals surface area (Å²) in [5, 5.41) is 6.75. The van der Waals surface area contributed by atoms with E-state index in [-0.39, 0.29) is 0 Å². The minimum Gasteiger partial charge on any atom is -0.320 e. The fraction of sp³-hybridized carbons (Fsp3) is 0.571. The molecule has 0 saturated heterocycles. The van der Waals surface area contributed by atoms with Crippen molar-refractivity contribution in [3.63, 3.8) is 0 Å². The van der Waals surface area contributed by atoms with Crippen LogP contribution < -0.4 is 10.6 Å². The lowest BCUT2D eigenvalue weighted by atomic mass is 10.2. The van der Waals surface area contributed by atoms with Crippen molar-refractivity contribution < 1.29 is 0 Å². The van der Waals surface area contributed by atoms with Gasteiger partial charge in [0, 0.05) is 16.8 Å². The molecule has 0 atom stereocenters. The summed E-state index contributed by atoms with van der Waals surface area (Å²) < 4.78 is 0. The molecule has 0 unspecified atom stereocenters. The summed E-state index contributed by atoms with van der Waals surface area (Å²) in [6.45, 7) is 3.24. The Bertz CT molecular complexity index is 264. The molecule has 1 rings (SSSR count). The van der Waals surface area contributed by atoms with E-state index >= 15 is 0 Å². The third-order valence-electron chi connectivity index (χ3n) is 2.75. The maximum atomic E-state index is 3.48. The molecule has 3 heteroatoms. The van der Waals surface area contributed by atoms with E-state index < -0.39 is 0 Å². The minimum atomic E-state index is 0.901. The molecule has 0 bridgehead atoms. The van der Waals surface area contributed by atoms with Crippen molar-refractivity contribution >= 4 is 10.2 Å². The zero-order valence-electron chi connectivity index (χ0n) is 10.5. The van der Waals surface area contributed by atoms with E-state index in [0.717, 1.165) is 25.8 Å². The fourth-order valence-corrected chi connectivity index (χ4v) is 1.95. The van der Waals surface area contributed by atoms with Crippen molar-refractivity contribution in [2.45, 2.75) is 32.2 Å². The minimum absolute atomic E-state index is 0.901. The van der Waals surface area contributed by atoms with Gasteiger partial charge in [-0.1, -0.05) is 43.2 Å². The number of hydrogen-bond donors (Lipinski definition) is 2. The van der Waals surface area contributed by atoms with Gasteiger partial charge in [0.05, 0.1) is 0 Å². The molecule has 17 heavy (non-hydrogen) atoms. The Kier molecular flexibility index (Phi) is 8.91. The molecule has 0 aliphatic carbocycles. The Morgan fingerprint density at radius 1 is 0.824 bits per heavy atom. The monoisotopic (exact) mass is 247 g/mol. The molecule has 2 nitrogen and oxygen atoms in total. The Morgan fingerprint density at radius 3 is 2.12 bits per heavy atom. The highest BCUT2D eigenvalue weighted by molar-refractivity contribution is 6.08. The van der Waals surface area contributed by atoms with Crippen molar-refractivity contribution in [2.24, 2.45) is 0 Å². The Morgan fingerprint density at radius 2 is 1.47 bits per heavy atom. The molecule has 0 fully saturated rings.